The van der Waals surface area contributed by atoms with Crippen molar-refractivity contribution in [2.24, 2.45) is 0 Å². The van der Waals surface area contributed by atoms with Crippen LogP contribution >= 0.6 is 0 Å². The van der Waals surface area contributed by atoms with Crippen molar-refractivity contribution in [3.05, 3.63) is 18.0 Å². The lowest BCUT2D eigenvalue weighted by atomic mass is 9.87. The fourth-order valence-electron chi connectivity index (χ4n) is 2.55. The molecule has 1 aliphatic heterocycles. The summed E-state index contributed by atoms with van der Waals surface area (Å²) in [7, 11) is 0. The van der Waals surface area contributed by atoms with Gasteiger partial charge >= 0.3 is 6.18 Å². The van der Waals surface area contributed by atoms with Gasteiger partial charge in [0.05, 0.1) is 24.7 Å². The number of nitriles is 1. The summed E-state index contributed by atoms with van der Waals surface area (Å²) in [5, 5.41) is 13.3. The van der Waals surface area contributed by atoms with E-state index in [1.807, 2.05) is 19.9 Å². The molecular formula is C13H17F3N4. The zero-order chi connectivity index (χ0) is 15.0. The van der Waals surface area contributed by atoms with E-state index in [4.69, 9.17) is 5.26 Å². The van der Waals surface area contributed by atoms with E-state index in [0.717, 1.165) is 5.69 Å². The van der Waals surface area contributed by atoms with E-state index in [9.17, 15) is 13.2 Å². The highest BCUT2D eigenvalue weighted by molar-refractivity contribution is 5.11. The van der Waals surface area contributed by atoms with Crippen LogP contribution in [0.3, 0.4) is 0 Å². The lowest BCUT2D eigenvalue weighted by Crippen LogP contribution is -2.64. The Morgan fingerprint density at radius 3 is 2.55 bits per heavy atom. The third-order valence-electron chi connectivity index (χ3n) is 3.53. The van der Waals surface area contributed by atoms with Gasteiger partial charge in [-0.15, -0.1) is 0 Å². The van der Waals surface area contributed by atoms with Crippen molar-refractivity contribution >= 4 is 0 Å². The van der Waals surface area contributed by atoms with Crippen molar-refractivity contribution in [2.45, 2.75) is 37.9 Å². The van der Waals surface area contributed by atoms with E-state index >= 15 is 0 Å². The highest BCUT2D eigenvalue weighted by Crippen LogP contribution is 2.34. The molecule has 0 atom stereocenters. The summed E-state index contributed by atoms with van der Waals surface area (Å²) in [4.78, 5) is 1.30. The SMILES string of the molecule is CC(C)c1ccn(C2(CC#N)CN(CC(F)(F)F)C2)n1. The molecule has 1 fully saturated rings. The number of hydrogen-bond acceptors (Lipinski definition) is 3. The van der Waals surface area contributed by atoms with Crippen LogP contribution in [-0.4, -0.2) is 40.5 Å². The van der Waals surface area contributed by atoms with Crippen LogP contribution in [0.25, 0.3) is 0 Å². The van der Waals surface area contributed by atoms with E-state index in [2.05, 4.69) is 11.2 Å². The molecule has 1 aliphatic rings. The van der Waals surface area contributed by atoms with Crippen molar-refractivity contribution in [1.29, 1.82) is 5.26 Å². The van der Waals surface area contributed by atoms with Gasteiger partial charge in [-0.1, -0.05) is 13.8 Å². The summed E-state index contributed by atoms with van der Waals surface area (Å²) in [5.41, 5.74) is 0.268. The average molecular weight is 286 g/mol. The van der Waals surface area contributed by atoms with Gasteiger partial charge in [-0.2, -0.15) is 23.5 Å². The molecule has 1 aromatic heterocycles. The van der Waals surface area contributed by atoms with Gasteiger partial charge in [0.15, 0.2) is 0 Å². The maximum atomic E-state index is 12.3. The van der Waals surface area contributed by atoms with E-state index in [1.165, 1.54) is 4.90 Å². The number of alkyl halides is 3. The maximum Gasteiger partial charge on any atom is 0.401 e. The Morgan fingerprint density at radius 2 is 2.10 bits per heavy atom. The first kappa shape index (κ1) is 14.9. The summed E-state index contributed by atoms with van der Waals surface area (Å²) in [6.45, 7) is 3.48. The van der Waals surface area contributed by atoms with Gasteiger partial charge in [0, 0.05) is 19.3 Å². The second kappa shape index (κ2) is 5.09. The number of hydrogen-bond donors (Lipinski definition) is 0. The van der Waals surface area contributed by atoms with Crippen LogP contribution in [0.5, 0.6) is 0 Å². The molecule has 0 saturated carbocycles. The molecule has 7 heteroatoms. The van der Waals surface area contributed by atoms with Crippen LogP contribution in [-0.2, 0) is 5.54 Å². The molecule has 1 saturated heterocycles. The predicted molar refractivity (Wildman–Crippen MR) is 67.0 cm³/mol. The topological polar surface area (TPSA) is 44.9 Å². The Balaban J connectivity index is 2.11. The van der Waals surface area contributed by atoms with Crippen molar-refractivity contribution in [1.82, 2.24) is 14.7 Å². The van der Waals surface area contributed by atoms with E-state index in [1.54, 1.807) is 10.9 Å². The zero-order valence-electron chi connectivity index (χ0n) is 11.5. The van der Waals surface area contributed by atoms with Crippen molar-refractivity contribution in [2.75, 3.05) is 19.6 Å². The molecule has 1 aromatic rings. The second-order valence-corrected chi connectivity index (χ2v) is 5.66. The van der Waals surface area contributed by atoms with Gasteiger partial charge in [-0.3, -0.25) is 9.58 Å². The lowest BCUT2D eigenvalue weighted by molar-refractivity contribution is -0.167. The molecule has 0 N–H and O–H groups in total. The molecular weight excluding hydrogens is 269 g/mol. The van der Waals surface area contributed by atoms with Gasteiger partial charge in [0.1, 0.15) is 5.54 Å². The van der Waals surface area contributed by atoms with Crippen molar-refractivity contribution in [3.63, 3.8) is 0 Å². The molecule has 0 aromatic carbocycles. The number of aromatic nitrogens is 2. The van der Waals surface area contributed by atoms with E-state index in [-0.39, 0.29) is 25.4 Å². The zero-order valence-corrected chi connectivity index (χ0v) is 11.5. The Morgan fingerprint density at radius 1 is 1.45 bits per heavy atom. The summed E-state index contributed by atoms with van der Waals surface area (Å²) in [5.74, 6) is 0.252. The van der Waals surface area contributed by atoms with Crippen LogP contribution in [0.2, 0.25) is 0 Å². The largest absolute Gasteiger partial charge is 0.401 e. The monoisotopic (exact) mass is 286 g/mol. The molecule has 0 aliphatic carbocycles. The number of likely N-dealkylation sites (tertiary alicyclic amines) is 1. The molecule has 20 heavy (non-hydrogen) atoms. The molecule has 0 amide bonds. The molecule has 4 nitrogen and oxygen atoms in total. The molecule has 0 unspecified atom stereocenters. The van der Waals surface area contributed by atoms with Gasteiger partial charge in [-0.25, -0.2) is 0 Å². The van der Waals surface area contributed by atoms with Gasteiger partial charge in [0.2, 0.25) is 0 Å². The number of nitrogens with zero attached hydrogens (tertiary/aromatic N) is 4. The standard InChI is InChI=1S/C13H17F3N4/c1-10(2)11-3-6-20(18-11)12(4-5-17)7-19(8-12)9-13(14,15)16/h3,6,10H,4,7-9H2,1-2H3. The smallest absolute Gasteiger partial charge is 0.290 e. The van der Waals surface area contributed by atoms with Gasteiger partial charge in [-0.05, 0) is 12.0 Å². The van der Waals surface area contributed by atoms with Gasteiger partial charge in [0.25, 0.3) is 0 Å². The molecule has 0 radical (unpaired) electrons. The van der Waals surface area contributed by atoms with Crippen LogP contribution < -0.4 is 0 Å². The number of halogens is 3. The van der Waals surface area contributed by atoms with E-state index < -0.39 is 18.3 Å². The first-order valence-corrected chi connectivity index (χ1v) is 6.48. The summed E-state index contributed by atoms with van der Waals surface area (Å²) in [6, 6.07) is 3.92. The third kappa shape index (κ3) is 2.96. The average Bonchev–Trinajstić information content (AvgIpc) is 2.73. The molecule has 2 heterocycles. The van der Waals surface area contributed by atoms with Crippen LogP contribution in [0.1, 0.15) is 31.9 Å². The van der Waals surface area contributed by atoms with E-state index in [0.29, 0.717) is 0 Å². The normalized spacial score (nSPS) is 18.9. The molecule has 2 rings (SSSR count). The maximum absolute atomic E-state index is 12.3. The van der Waals surface area contributed by atoms with Crippen molar-refractivity contribution < 1.29 is 13.2 Å². The summed E-state index contributed by atoms with van der Waals surface area (Å²) in [6.07, 6.45) is -2.27. The highest BCUT2D eigenvalue weighted by atomic mass is 19.4. The first-order chi connectivity index (χ1) is 9.26. The fraction of sp³-hybridized carbons (Fsp3) is 0.692. The highest BCUT2D eigenvalue weighted by Gasteiger charge is 2.48. The molecule has 110 valence electrons. The lowest BCUT2D eigenvalue weighted by Gasteiger charge is -2.49. The van der Waals surface area contributed by atoms with Crippen LogP contribution in [0.4, 0.5) is 13.2 Å². The minimum atomic E-state index is -4.20. The Labute approximate surface area is 115 Å². The summed E-state index contributed by atoms with van der Waals surface area (Å²) >= 11 is 0. The van der Waals surface area contributed by atoms with Crippen molar-refractivity contribution in [3.8, 4) is 6.07 Å². The Bertz CT molecular complexity index is 506. The number of rotatable bonds is 4. The quantitative estimate of drug-likeness (QED) is 0.854. The third-order valence-corrected chi connectivity index (χ3v) is 3.53. The minimum absolute atomic E-state index is 0.167. The van der Waals surface area contributed by atoms with Crippen LogP contribution in [0, 0.1) is 11.3 Å². The Hall–Kier alpha value is -1.55. The fourth-order valence-corrected chi connectivity index (χ4v) is 2.55. The Kier molecular flexibility index (Phi) is 3.78. The molecule has 0 spiro atoms. The second-order valence-electron chi connectivity index (χ2n) is 5.66. The predicted octanol–water partition coefficient (Wildman–Crippen LogP) is 2.49. The van der Waals surface area contributed by atoms with Crippen LogP contribution in [0.15, 0.2) is 12.3 Å². The first-order valence-electron chi connectivity index (χ1n) is 6.48. The van der Waals surface area contributed by atoms with Gasteiger partial charge < -0.3 is 0 Å². The minimum Gasteiger partial charge on any atom is -0.290 e. The summed E-state index contributed by atoms with van der Waals surface area (Å²) < 4.78 is 38.7. The molecule has 0 bridgehead atoms.